The number of nitrogens with zero attached hydrogens (tertiary/aromatic N) is 1. The second-order valence-electron chi connectivity index (χ2n) is 11.9. The Kier molecular flexibility index (Phi) is 9.58. The van der Waals surface area contributed by atoms with Crippen molar-refractivity contribution in [3.05, 3.63) is 64.7 Å². The number of aromatic carboxylic acids is 1. The molecule has 2 atom stereocenters. The van der Waals surface area contributed by atoms with Crippen LogP contribution in [-0.2, 0) is 14.3 Å². The van der Waals surface area contributed by atoms with Crippen LogP contribution in [0.2, 0.25) is 5.02 Å². The normalized spacial score (nSPS) is 22.6. The molecule has 1 saturated carbocycles. The van der Waals surface area contributed by atoms with Crippen molar-refractivity contribution in [2.75, 3.05) is 18.4 Å². The highest BCUT2D eigenvalue weighted by Gasteiger charge is 2.44. The second-order valence-corrected chi connectivity index (χ2v) is 12.3. The molecular weight excluding hydrogens is 546 g/mol. The van der Waals surface area contributed by atoms with Gasteiger partial charge in [0.2, 0.25) is 11.8 Å². The standard InChI is InChI=1S/C31H38ClN3O6/c1-31(2,3)41-30(40)33-18-19-9-11-21(12-10-19)28(37)35-16-15-23(20-7-5-4-6-8-20)26(35)27(36)34-22-13-14-24(29(38)39)25(32)17-22/h4-8,13-14,17,19,21,23,26H,9-12,15-16,18H2,1-3H3,(H,33,40)(H,34,36)(H,38,39)/t19-,21-,23?,26?. The first-order valence-corrected chi connectivity index (χ1v) is 14.5. The molecule has 41 heavy (non-hydrogen) atoms. The summed E-state index contributed by atoms with van der Waals surface area (Å²) in [5.74, 6) is -1.62. The molecule has 2 fully saturated rings. The SMILES string of the molecule is CC(C)(C)OC(=O)NC[C@H]1CC[C@H](C(=O)N2CCC(c3ccccc3)C2C(=O)Nc2ccc(C(=O)O)c(Cl)c2)CC1. The van der Waals surface area contributed by atoms with Gasteiger partial charge in [0.25, 0.3) is 0 Å². The largest absolute Gasteiger partial charge is 0.478 e. The van der Waals surface area contributed by atoms with E-state index in [-0.39, 0.29) is 40.2 Å². The lowest BCUT2D eigenvalue weighted by Gasteiger charge is -2.34. The minimum absolute atomic E-state index is 0.0205. The molecule has 1 saturated heterocycles. The van der Waals surface area contributed by atoms with E-state index in [1.54, 1.807) is 4.90 Å². The monoisotopic (exact) mass is 583 g/mol. The van der Waals surface area contributed by atoms with Gasteiger partial charge in [-0.25, -0.2) is 9.59 Å². The maximum absolute atomic E-state index is 13.8. The Morgan fingerprint density at radius 1 is 1.00 bits per heavy atom. The fourth-order valence-corrected chi connectivity index (χ4v) is 6.05. The summed E-state index contributed by atoms with van der Waals surface area (Å²) in [6.07, 6.45) is 3.19. The predicted molar refractivity (Wildman–Crippen MR) is 156 cm³/mol. The summed E-state index contributed by atoms with van der Waals surface area (Å²) in [5.41, 5.74) is 0.744. The first kappa shape index (κ1) is 30.4. The fourth-order valence-electron chi connectivity index (χ4n) is 5.79. The number of carbonyl (C=O) groups excluding carboxylic acids is 3. The summed E-state index contributed by atoms with van der Waals surface area (Å²) >= 11 is 6.13. The molecule has 2 aromatic carbocycles. The molecule has 1 aliphatic heterocycles. The predicted octanol–water partition coefficient (Wildman–Crippen LogP) is 5.69. The number of rotatable bonds is 7. The van der Waals surface area contributed by atoms with Crippen LogP contribution in [-0.4, -0.2) is 58.6 Å². The van der Waals surface area contributed by atoms with Gasteiger partial charge < -0.3 is 25.4 Å². The number of amides is 3. The van der Waals surface area contributed by atoms with Crippen molar-refractivity contribution < 1.29 is 29.0 Å². The Balaban J connectivity index is 1.43. The van der Waals surface area contributed by atoms with Gasteiger partial charge >= 0.3 is 12.1 Å². The van der Waals surface area contributed by atoms with Crippen molar-refractivity contribution in [3.63, 3.8) is 0 Å². The number of ether oxygens (including phenoxy) is 1. The number of carbonyl (C=O) groups is 4. The van der Waals surface area contributed by atoms with Gasteiger partial charge in [0.15, 0.2) is 0 Å². The molecule has 0 aromatic heterocycles. The van der Waals surface area contributed by atoms with Gasteiger partial charge in [-0.3, -0.25) is 9.59 Å². The van der Waals surface area contributed by atoms with Crippen LogP contribution in [0.1, 0.15) is 74.7 Å². The summed E-state index contributed by atoms with van der Waals surface area (Å²) in [6.45, 7) is 6.44. The number of benzene rings is 2. The van der Waals surface area contributed by atoms with Gasteiger partial charge in [-0.1, -0.05) is 41.9 Å². The Morgan fingerprint density at radius 2 is 1.68 bits per heavy atom. The van der Waals surface area contributed by atoms with E-state index < -0.39 is 23.7 Å². The summed E-state index contributed by atoms with van der Waals surface area (Å²) in [4.78, 5) is 52.6. The third kappa shape index (κ3) is 7.79. The number of hydrogen-bond donors (Lipinski definition) is 3. The van der Waals surface area contributed by atoms with E-state index in [9.17, 15) is 24.3 Å². The smallest absolute Gasteiger partial charge is 0.407 e. The Hall–Kier alpha value is -3.59. The van der Waals surface area contributed by atoms with Crippen molar-refractivity contribution in [1.82, 2.24) is 10.2 Å². The number of nitrogens with one attached hydrogen (secondary N) is 2. The molecule has 3 amide bonds. The average Bonchev–Trinajstić information content (AvgIpc) is 3.37. The lowest BCUT2D eigenvalue weighted by molar-refractivity contribution is -0.141. The molecule has 2 aliphatic rings. The van der Waals surface area contributed by atoms with Gasteiger partial charge in [-0.2, -0.15) is 0 Å². The van der Waals surface area contributed by atoms with E-state index in [4.69, 9.17) is 16.3 Å². The van der Waals surface area contributed by atoms with E-state index in [2.05, 4.69) is 10.6 Å². The van der Waals surface area contributed by atoms with Crippen molar-refractivity contribution >= 4 is 41.2 Å². The van der Waals surface area contributed by atoms with Crippen LogP contribution in [0.5, 0.6) is 0 Å². The van der Waals surface area contributed by atoms with Crippen LogP contribution in [0.3, 0.4) is 0 Å². The van der Waals surface area contributed by atoms with Crippen molar-refractivity contribution in [1.29, 1.82) is 0 Å². The molecule has 2 aromatic rings. The van der Waals surface area contributed by atoms with Crippen LogP contribution in [0, 0.1) is 11.8 Å². The average molecular weight is 584 g/mol. The highest BCUT2D eigenvalue weighted by Crippen LogP contribution is 2.38. The first-order chi connectivity index (χ1) is 19.4. The van der Waals surface area contributed by atoms with Crippen molar-refractivity contribution in [2.24, 2.45) is 11.8 Å². The quantitative estimate of drug-likeness (QED) is 0.384. The van der Waals surface area contributed by atoms with Crippen LogP contribution in [0.15, 0.2) is 48.5 Å². The maximum Gasteiger partial charge on any atom is 0.407 e. The molecule has 1 aliphatic carbocycles. The van der Waals surface area contributed by atoms with Crippen LogP contribution in [0.4, 0.5) is 10.5 Å². The van der Waals surface area contributed by atoms with E-state index in [0.717, 1.165) is 18.4 Å². The number of carboxylic acid groups (broad SMARTS) is 1. The van der Waals surface area contributed by atoms with Crippen LogP contribution >= 0.6 is 11.6 Å². The summed E-state index contributed by atoms with van der Waals surface area (Å²) in [6, 6.07) is 13.3. The number of hydrogen-bond acceptors (Lipinski definition) is 5. The molecule has 0 spiro atoms. The van der Waals surface area contributed by atoms with Crippen LogP contribution < -0.4 is 10.6 Å². The molecular formula is C31H38ClN3O6. The highest BCUT2D eigenvalue weighted by atomic mass is 35.5. The van der Waals surface area contributed by atoms with Crippen molar-refractivity contribution in [3.8, 4) is 0 Å². The van der Waals surface area contributed by atoms with Gasteiger partial charge in [0, 0.05) is 30.6 Å². The second kappa shape index (κ2) is 12.9. The number of likely N-dealkylation sites (tertiary alicyclic amines) is 1. The lowest BCUT2D eigenvalue weighted by Crippen LogP contribution is -2.48. The summed E-state index contributed by atoms with van der Waals surface area (Å²) < 4.78 is 5.32. The van der Waals surface area contributed by atoms with E-state index >= 15 is 0 Å². The number of alkyl carbamates (subject to hydrolysis) is 1. The number of anilines is 1. The fraction of sp³-hybridized carbons (Fsp3) is 0.484. The zero-order valence-electron chi connectivity index (χ0n) is 23.7. The first-order valence-electron chi connectivity index (χ1n) is 14.1. The third-order valence-corrected chi connectivity index (χ3v) is 8.09. The minimum atomic E-state index is -1.15. The van der Waals surface area contributed by atoms with Gasteiger partial charge in [-0.15, -0.1) is 0 Å². The molecule has 220 valence electrons. The number of carboxylic acids is 1. The highest BCUT2D eigenvalue weighted by molar-refractivity contribution is 6.33. The topological polar surface area (TPSA) is 125 Å². The Morgan fingerprint density at radius 3 is 2.29 bits per heavy atom. The molecule has 0 radical (unpaired) electrons. The van der Waals surface area contributed by atoms with Crippen molar-refractivity contribution in [2.45, 2.75) is 70.4 Å². The van der Waals surface area contributed by atoms with Gasteiger partial charge in [0.1, 0.15) is 11.6 Å². The summed E-state index contributed by atoms with van der Waals surface area (Å²) in [5, 5.41) is 15.0. The van der Waals surface area contributed by atoms with Crippen LogP contribution in [0.25, 0.3) is 0 Å². The zero-order valence-corrected chi connectivity index (χ0v) is 24.4. The number of halogens is 1. The molecule has 4 rings (SSSR count). The Labute approximate surface area is 245 Å². The molecule has 3 N–H and O–H groups in total. The van der Waals surface area contributed by atoms with Gasteiger partial charge in [0.05, 0.1) is 10.6 Å². The molecule has 1 heterocycles. The molecule has 0 bridgehead atoms. The summed E-state index contributed by atoms with van der Waals surface area (Å²) in [7, 11) is 0. The molecule has 10 heteroatoms. The maximum atomic E-state index is 13.8. The molecule has 9 nitrogen and oxygen atoms in total. The van der Waals surface area contributed by atoms with E-state index in [1.165, 1.54) is 18.2 Å². The van der Waals surface area contributed by atoms with Gasteiger partial charge in [-0.05, 0) is 82.6 Å². The molecule has 2 unspecified atom stereocenters. The lowest BCUT2D eigenvalue weighted by atomic mass is 9.81. The minimum Gasteiger partial charge on any atom is -0.478 e. The Bertz CT molecular complexity index is 1270. The zero-order chi connectivity index (χ0) is 29.7. The van der Waals surface area contributed by atoms with E-state index in [0.29, 0.717) is 38.0 Å². The third-order valence-electron chi connectivity index (χ3n) is 7.77. The van der Waals surface area contributed by atoms with E-state index in [1.807, 2.05) is 51.1 Å².